The van der Waals surface area contributed by atoms with E-state index in [4.69, 9.17) is 0 Å². The number of unbranched alkanes of at least 4 members (excludes halogenated alkanes) is 2. The summed E-state index contributed by atoms with van der Waals surface area (Å²) < 4.78 is 0. The van der Waals surface area contributed by atoms with Crippen molar-refractivity contribution in [2.24, 2.45) is 34.0 Å². The third-order valence-electron chi connectivity index (χ3n) is 9.87. The highest BCUT2D eigenvalue weighted by Gasteiger charge is 2.27. The molecule has 0 spiro atoms. The molecular weight excluding hydrogens is 424 g/mol. The average molecular weight is 497 g/mol. The summed E-state index contributed by atoms with van der Waals surface area (Å²) in [7, 11) is 0. The van der Waals surface area contributed by atoms with E-state index in [0.29, 0.717) is 27.9 Å². The highest BCUT2D eigenvalue weighted by Crippen LogP contribution is 2.38. The fraction of sp³-hybridized carbons (Fsp3) is 0.971. The number of ketones is 1. The van der Waals surface area contributed by atoms with Gasteiger partial charge in [-0.05, 0) is 66.6 Å². The van der Waals surface area contributed by atoms with Crippen LogP contribution in [0.2, 0.25) is 0 Å². The van der Waals surface area contributed by atoms with Crippen LogP contribution in [0.3, 0.4) is 0 Å². The summed E-state index contributed by atoms with van der Waals surface area (Å²) in [6.45, 7) is 34.2. The maximum atomic E-state index is 11.0. The average Bonchev–Trinajstić information content (AvgIpc) is 2.80. The second-order valence-electron chi connectivity index (χ2n) is 13.3. The molecule has 0 aliphatic heterocycles. The van der Waals surface area contributed by atoms with Crippen molar-refractivity contribution in [3.05, 3.63) is 0 Å². The molecule has 0 fully saturated rings. The minimum absolute atomic E-state index is 0.327. The van der Waals surface area contributed by atoms with Crippen molar-refractivity contribution in [2.75, 3.05) is 0 Å². The summed E-state index contributed by atoms with van der Waals surface area (Å²) in [6, 6.07) is 0. The molecule has 0 saturated carbocycles. The minimum Gasteiger partial charge on any atom is -0.300 e. The van der Waals surface area contributed by atoms with Gasteiger partial charge in [0.05, 0.1) is 0 Å². The van der Waals surface area contributed by atoms with Gasteiger partial charge in [0, 0.05) is 6.42 Å². The number of carbonyl (C=O) groups is 1. The van der Waals surface area contributed by atoms with Gasteiger partial charge in [0.2, 0.25) is 0 Å². The minimum atomic E-state index is 0.327. The molecule has 214 valence electrons. The van der Waals surface area contributed by atoms with Crippen LogP contribution in [0.25, 0.3) is 0 Å². The van der Waals surface area contributed by atoms with Crippen molar-refractivity contribution in [3.8, 4) is 0 Å². The van der Waals surface area contributed by atoms with Crippen LogP contribution in [-0.4, -0.2) is 5.78 Å². The third-order valence-corrected chi connectivity index (χ3v) is 9.87. The van der Waals surface area contributed by atoms with Crippen molar-refractivity contribution in [1.29, 1.82) is 0 Å². The van der Waals surface area contributed by atoms with Gasteiger partial charge >= 0.3 is 0 Å². The fourth-order valence-corrected chi connectivity index (χ4v) is 4.64. The summed E-state index contributed by atoms with van der Waals surface area (Å²) in [6.07, 6.45) is 15.1. The Morgan fingerprint density at radius 3 is 1.11 bits per heavy atom. The summed E-state index contributed by atoms with van der Waals surface area (Å²) in [4.78, 5) is 11.0. The first kappa shape index (κ1) is 39.2. The van der Waals surface area contributed by atoms with E-state index in [1.807, 2.05) is 0 Å². The first-order valence-corrected chi connectivity index (χ1v) is 15.5. The Morgan fingerprint density at radius 2 is 0.886 bits per heavy atom. The Bertz CT molecular complexity index is 491. The lowest BCUT2D eigenvalue weighted by atomic mass is 9.72. The van der Waals surface area contributed by atoms with E-state index in [0.717, 1.165) is 24.7 Å². The molecule has 0 saturated heterocycles. The van der Waals surface area contributed by atoms with Gasteiger partial charge in [-0.1, -0.05) is 142 Å². The lowest BCUT2D eigenvalue weighted by Crippen LogP contribution is -2.24. The van der Waals surface area contributed by atoms with Crippen LogP contribution in [-0.2, 0) is 4.79 Å². The van der Waals surface area contributed by atoms with E-state index in [2.05, 4.69) is 96.9 Å². The van der Waals surface area contributed by atoms with Crippen LogP contribution in [0.1, 0.15) is 181 Å². The van der Waals surface area contributed by atoms with Gasteiger partial charge in [0.1, 0.15) is 5.78 Å². The third kappa shape index (κ3) is 17.7. The van der Waals surface area contributed by atoms with E-state index in [1.54, 1.807) is 6.92 Å². The molecular formula is C34H72O. The Hall–Kier alpha value is -0.330. The molecule has 0 rings (SSSR count). The zero-order chi connectivity index (χ0) is 28.3. The quantitative estimate of drug-likeness (QED) is 0.207. The summed E-state index contributed by atoms with van der Waals surface area (Å²) in [5.74, 6) is 2.67. The van der Waals surface area contributed by atoms with Gasteiger partial charge in [-0.2, -0.15) is 0 Å². The van der Waals surface area contributed by atoms with Crippen LogP contribution in [0.5, 0.6) is 0 Å². The van der Waals surface area contributed by atoms with Gasteiger partial charge in [0.15, 0.2) is 0 Å². The topological polar surface area (TPSA) is 17.1 Å². The van der Waals surface area contributed by atoms with Gasteiger partial charge in [-0.15, -0.1) is 0 Å². The Morgan fingerprint density at radius 1 is 0.543 bits per heavy atom. The number of carbonyl (C=O) groups excluding carboxylic acids is 1. The predicted molar refractivity (Wildman–Crippen MR) is 163 cm³/mol. The van der Waals surface area contributed by atoms with E-state index in [-0.39, 0.29) is 0 Å². The zero-order valence-corrected chi connectivity index (χ0v) is 27.6. The van der Waals surface area contributed by atoms with E-state index in [9.17, 15) is 4.79 Å². The first-order valence-electron chi connectivity index (χ1n) is 15.5. The van der Waals surface area contributed by atoms with Crippen molar-refractivity contribution in [1.82, 2.24) is 0 Å². The molecule has 0 aromatic rings. The summed E-state index contributed by atoms with van der Waals surface area (Å²) >= 11 is 0. The molecule has 0 aromatic heterocycles. The molecule has 0 bridgehead atoms. The molecule has 0 heterocycles. The molecule has 0 amide bonds. The SMILES string of the molecule is CCCC[C@@](C)(CC)C(C)C.CCCC[C@@](C)(CCC(C)=O)C(C)C.CCC[C@@](C)(CC)C(C)C. The van der Waals surface area contributed by atoms with Crippen LogP contribution < -0.4 is 0 Å². The lowest BCUT2D eigenvalue weighted by Gasteiger charge is -2.33. The normalized spacial score (nSPS) is 16.5. The molecule has 35 heavy (non-hydrogen) atoms. The maximum absolute atomic E-state index is 11.0. The number of hydrogen-bond acceptors (Lipinski definition) is 1. The molecule has 1 nitrogen and oxygen atoms in total. The number of Topliss-reactive ketones (excluding diaryl/α,β-unsaturated/α-hetero) is 1. The van der Waals surface area contributed by atoms with Crippen molar-refractivity contribution >= 4 is 5.78 Å². The predicted octanol–water partition coefficient (Wildman–Crippen LogP) is 12.3. The Labute approximate surface area is 225 Å². The number of hydrogen-bond donors (Lipinski definition) is 0. The molecule has 0 aromatic carbocycles. The second-order valence-corrected chi connectivity index (χ2v) is 13.3. The largest absolute Gasteiger partial charge is 0.300 e. The standard InChI is InChI=1S/C13H26O.C11H24.C10H22/c1-6-7-9-13(5,11(2)3)10-8-12(4)14;1-6-8-9-11(5,7-2)10(3)4;1-6-8-10(5,7-2)9(3)4/h11H,6-10H2,1-5H3;10H,6-9H2,1-5H3;9H,6-8H2,1-5H3/t13-;11-;10-/m011/s1. The number of rotatable bonds is 16. The summed E-state index contributed by atoms with van der Waals surface area (Å²) in [5.41, 5.74) is 1.55. The second kappa shape index (κ2) is 20.7. The summed E-state index contributed by atoms with van der Waals surface area (Å²) in [5, 5.41) is 0. The smallest absolute Gasteiger partial charge is 0.129 e. The van der Waals surface area contributed by atoms with Crippen LogP contribution in [0, 0.1) is 34.0 Å². The first-order chi connectivity index (χ1) is 16.0. The molecule has 3 atom stereocenters. The molecule has 1 heteroatoms. The van der Waals surface area contributed by atoms with Crippen molar-refractivity contribution in [2.45, 2.75) is 181 Å². The van der Waals surface area contributed by atoms with Gasteiger partial charge in [0.25, 0.3) is 0 Å². The molecule has 0 unspecified atom stereocenters. The maximum Gasteiger partial charge on any atom is 0.129 e. The van der Waals surface area contributed by atoms with E-state index < -0.39 is 0 Å². The van der Waals surface area contributed by atoms with E-state index in [1.165, 1.54) is 64.2 Å². The van der Waals surface area contributed by atoms with E-state index >= 15 is 0 Å². The Kier molecular flexibility index (Phi) is 23.2. The highest BCUT2D eigenvalue weighted by atomic mass is 16.1. The molecule has 0 aliphatic carbocycles. The highest BCUT2D eigenvalue weighted by molar-refractivity contribution is 5.75. The van der Waals surface area contributed by atoms with Crippen LogP contribution in [0.15, 0.2) is 0 Å². The molecule has 0 radical (unpaired) electrons. The van der Waals surface area contributed by atoms with Gasteiger partial charge < -0.3 is 4.79 Å². The monoisotopic (exact) mass is 497 g/mol. The lowest BCUT2D eigenvalue weighted by molar-refractivity contribution is -0.117. The fourth-order valence-electron chi connectivity index (χ4n) is 4.64. The van der Waals surface area contributed by atoms with Crippen LogP contribution >= 0.6 is 0 Å². The molecule has 0 N–H and O–H groups in total. The van der Waals surface area contributed by atoms with Crippen molar-refractivity contribution in [3.63, 3.8) is 0 Å². The van der Waals surface area contributed by atoms with Gasteiger partial charge in [-0.3, -0.25) is 0 Å². The van der Waals surface area contributed by atoms with Gasteiger partial charge in [-0.25, -0.2) is 0 Å². The van der Waals surface area contributed by atoms with Crippen molar-refractivity contribution < 1.29 is 4.79 Å². The van der Waals surface area contributed by atoms with Crippen LogP contribution in [0.4, 0.5) is 0 Å². The zero-order valence-electron chi connectivity index (χ0n) is 27.6. The molecule has 0 aliphatic rings. The Balaban J connectivity index is -0.000000447.